The van der Waals surface area contributed by atoms with Crippen molar-refractivity contribution < 1.29 is 5.11 Å². The summed E-state index contributed by atoms with van der Waals surface area (Å²) in [6.45, 7) is 2.60. The Morgan fingerprint density at radius 3 is 2.68 bits per heavy atom. The van der Waals surface area contributed by atoms with Gasteiger partial charge in [0.25, 0.3) is 0 Å². The van der Waals surface area contributed by atoms with Gasteiger partial charge in [0, 0.05) is 29.2 Å². The predicted molar refractivity (Wildman–Crippen MR) is 128 cm³/mol. The van der Waals surface area contributed by atoms with E-state index in [0.29, 0.717) is 12.4 Å². The zero-order valence-corrected chi connectivity index (χ0v) is 19.3. The van der Waals surface area contributed by atoms with Gasteiger partial charge in [-0.1, -0.05) is 43.7 Å². The van der Waals surface area contributed by atoms with Crippen LogP contribution in [-0.4, -0.2) is 46.0 Å². The smallest absolute Gasteiger partial charge is 0.329 e. The minimum atomic E-state index is -0.451. The average Bonchev–Trinajstić information content (AvgIpc) is 3.61. The second-order valence-corrected chi connectivity index (χ2v) is 8.90. The SMILES string of the molecule is CCCCc1cn(C2CCCC2O)c(=O)n1Cc1ccc(-c2ccccc2-c2nn[nH]n2)nc1. The van der Waals surface area contributed by atoms with Gasteiger partial charge in [0.1, 0.15) is 0 Å². The molecule has 4 aromatic rings. The van der Waals surface area contributed by atoms with Crippen molar-refractivity contribution in [2.45, 2.75) is 64.1 Å². The third-order valence-corrected chi connectivity index (χ3v) is 6.63. The number of aliphatic hydroxyl groups is 1. The predicted octanol–water partition coefficient (Wildman–Crippen LogP) is 3.37. The lowest BCUT2D eigenvalue weighted by Crippen LogP contribution is -2.31. The number of nitrogens with zero attached hydrogens (tertiary/aromatic N) is 6. The highest BCUT2D eigenvalue weighted by Gasteiger charge is 2.29. The van der Waals surface area contributed by atoms with Crippen LogP contribution in [0.4, 0.5) is 0 Å². The van der Waals surface area contributed by atoms with Gasteiger partial charge in [-0.05, 0) is 48.9 Å². The number of imidazole rings is 1. The van der Waals surface area contributed by atoms with Crippen molar-refractivity contribution >= 4 is 0 Å². The number of aromatic nitrogens is 7. The van der Waals surface area contributed by atoms with Gasteiger partial charge < -0.3 is 5.11 Å². The van der Waals surface area contributed by atoms with E-state index < -0.39 is 6.10 Å². The van der Waals surface area contributed by atoms with E-state index in [1.54, 1.807) is 4.57 Å². The summed E-state index contributed by atoms with van der Waals surface area (Å²) in [7, 11) is 0. The Bertz CT molecular complexity index is 1290. The van der Waals surface area contributed by atoms with Gasteiger partial charge in [-0.15, -0.1) is 10.2 Å². The molecule has 1 aliphatic carbocycles. The number of hydrogen-bond acceptors (Lipinski definition) is 6. The second-order valence-electron chi connectivity index (χ2n) is 8.90. The molecule has 3 aromatic heterocycles. The van der Waals surface area contributed by atoms with Gasteiger partial charge in [0.15, 0.2) is 0 Å². The molecule has 2 N–H and O–H groups in total. The molecule has 0 aliphatic heterocycles. The maximum atomic E-state index is 13.3. The molecule has 0 saturated heterocycles. The number of aromatic amines is 1. The first kappa shape index (κ1) is 22.2. The fourth-order valence-corrected chi connectivity index (χ4v) is 4.79. The first-order valence-electron chi connectivity index (χ1n) is 11.9. The highest BCUT2D eigenvalue weighted by atomic mass is 16.3. The summed E-state index contributed by atoms with van der Waals surface area (Å²) in [6.07, 6.45) is 8.78. The van der Waals surface area contributed by atoms with Crippen molar-refractivity contribution in [1.82, 2.24) is 34.7 Å². The molecule has 1 aromatic carbocycles. The molecule has 2 atom stereocenters. The number of hydrogen-bond donors (Lipinski definition) is 2. The molecule has 0 radical (unpaired) electrons. The molecule has 3 heterocycles. The summed E-state index contributed by atoms with van der Waals surface area (Å²) in [4.78, 5) is 18.0. The van der Waals surface area contributed by atoms with Crippen LogP contribution in [0.5, 0.6) is 0 Å². The maximum absolute atomic E-state index is 13.3. The van der Waals surface area contributed by atoms with E-state index in [1.165, 1.54) is 0 Å². The van der Waals surface area contributed by atoms with Crippen molar-refractivity contribution in [3.05, 3.63) is 70.5 Å². The zero-order chi connectivity index (χ0) is 23.5. The Labute approximate surface area is 197 Å². The Hall–Kier alpha value is -3.59. The van der Waals surface area contributed by atoms with E-state index in [2.05, 4.69) is 32.5 Å². The van der Waals surface area contributed by atoms with E-state index in [1.807, 2.05) is 53.4 Å². The van der Waals surface area contributed by atoms with Gasteiger partial charge in [0.05, 0.1) is 24.4 Å². The summed E-state index contributed by atoms with van der Waals surface area (Å²) in [5, 5.41) is 24.7. The topological polar surface area (TPSA) is 115 Å². The molecule has 0 spiro atoms. The van der Waals surface area contributed by atoms with Crippen LogP contribution in [0.25, 0.3) is 22.6 Å². The first-order valence-corrected chi connectivity index (χ1v) is 11.9. The van der Waals surface area contributed by atoms with Crippen LogP contribution in [0.2, 0.25) is 0 Å². The summed E-state index contributed by atoms with van der Waals surface area (Å²) in [6, 6.07) is 11.6. The number of tetrazole rings is 1. The number of aryl methyl sites for hydroxylation is 1. The molecule has 1 fully saturated rings. The van der Waals surface area contributed by atoms with Crippen molar-refractivity contribution in [3.63, 3.8) is 0 Å². The number of pyridine rings is 1. The minimum Gasteiger partial charge on any atom is -0.391 e. The maximum Gasteiger partial charge on any atom is 0.329 e. The van der Waals surface area contributed by atoms with Crippen LogP contribution in [0.1, 0.15) is 56.3 Å². The molecule has 9 nitrogen and oxygen atoms in total. The summed E-state index contributed by atoms with van der Waals surface area (Å²) < 4.78 is 3.59. The Morgan fingerprint density at radius 1 is 1.15 bits per heavy atom. The molecule has 0 amide bonds. The lowest BCUT2D eigenvalue weighted by Gasteiger charge is -2.14. The van der Waals surface area contributed by atoms with Crippen molar-refractivity contribution in [2.24, 2.45) is 0 Å². The first-order chi connectivity index (χ1) is 16.7. The molecule has 1 saturated carbocycles. The fourth-order valence-electron chi connectivity index (χ4n) is 4.79. The van der Waals surface area contributed by atoms with Crippen LogP contribution < -0.4 is 5.69 Å². The monoisotopic (exact) mass is 459 g/mol. The standard InChI is InChI=1S/C25H29N7O2/c1-2-3-7-18-16-32(22-10-6-11-23(22)33)25(34)31(18)15-17-12-13-21(26-14-17)19-8-4-5-9-20(19)24-27-29-30-28-24/h4-5,8-9,12-14,16,22-23,33H,2-3,6-7,10-11,15H2,1H3,(H,27,28,29,30). The quantitative estimate of drug-likeness (QED) is 0.418. The minimum absolute atomic E-state index is 0.0522. The largest absolute Gasteiger partial charge is 0.391 e. The van der Waals surface area contributed by atoms with E-state index in [4.69, 9.17) is 0 Å². The molecule has 5 rings (SSSR count). The molecular formula is C25H29N7O2. The summed E-state index contributed by atoms with van der Waals surface area (Å²) >= 11 is 0. The number of unbranched alkanes of at least 4 members (excludes halogenated alkanes) is 1. The summed E-state index contributed by atoms with van der Waals surface area (Å²) in [5.41, 5.74) is 4.47. The van der Waals surface area contributed by atoms with Gasteiger partial charge in [-0.2, -0.15) is 5.21 Å². The molecule has 34 heavy (non-hydrogen) atoms. The Balaban J connectivity index is 1.44. The van der Waals surface area contributed by atoms with Gasteiger partial charge in [0.2, 0.25) is 5.82 Å². The molecule has 0 bridgehead atoms. The second kappa shape index (κ2) is 9.72. The van der Waals surface area contributed by atoms with Gasteiger partial charge in [-0.25, -0.2) is 4.79 Å². The van der Waals surface area contributed by atoms with E-state index in [9.17, 15) is 9.90 Å². The van der Waals surface area contributed by atoms with Crippen molar-refractivity contribution in [2.75, 3.05) is 0 Å². The molecule has 9 heteroatoms. The molecule has 176 valence electrons. The van der Waals surface area contributed by atoms with Gasteiger partial charge >= 0.3 is 5.69 Å². The Morgan fingerprint density at radius 2 is 2.00 bits per heavy atom. The van der Waals surface area contributed by atoms with Crippen LogP contribution in [-0.2, 0) is 13.0 Å². The van der Waals surface area contributed by atoms with Crippen LogP contribution in [0.3, 0.4) is 0 Å². The van der Waals surface area contributed by atoms with Gasteiger partial charge in [-0.3, -0.25) is 14.1 Å². The van der Waals surface area contributed by atoms with Crippen molar-refractivity contribution in [3.8, 4) is 22.6 Å². The average molecular weight is 460 g/mol. The summed E-state index contributed by atoms with van der Waals surface area (Å²) in [5.74, 6) is 0.518. The molecule has 1 aliphatic rings. The lowest BCUT2D eigenvalue weighted by atomic mass is 10.0. The highest BCUT2D eigenvalue weighted by molar-refractivity contribution is 5.78. The van der Waals surface area contributed by atoms with E-state index in [-0.39, 0.29) is 11.7 Å². The number of benzene rings is 1. The number of nitrogens with one attached hydrogen (secondary N) is 1. The molecule has 2 unspecified atom stereocenters. The van der Waals surface area contributed by atoms with Crippen LogP contribution in [0, 0.1) is 0 Å². The Kier molecular flexibility index (Phi) is 6.35. The van der Waals surface area contributed by atoms with Crippen LogP contribution >= 0.6 is 0 Å². The number of rotatable bonds is 8. The fraction of sp³-hybridized carbons (Fsp3) is 0.400. The molecular weight excluding hydrogens is 430 g/mol. The lowest BCUT2D eigenvalue weighted by molar-refractivity contribution is 0.134. The normalized spacial score (nSPS) is 17.9. The van der Waals surface area contributed by atoms with E-state index in [0.717, 1.165) is 66.6 Å². The highest BCUT2D eigenvalue weighted by Crippen LogP contribution is 2.30. The number of aliphatic hydroxyl groups excluding tert-OH is 1. The number of H-pyrrole nitrogens is 1. The third-order valence-electron chi connectivity index (χ3n) is 6.63. The third kappa shape index (κ3) is 4.31. The van der Waals surface area contributed by atoms with E-state index >= 15 is 0 Å². The van der Waals surface area contributed by atoms with Crippen molar-refractivity contribution in [1.29, 1.82) is 0 Å². The zero-order valence-electron chi connectivity index (χ0n) is 19.3. The van der Waals surface area contributed by atoms with Crippen LogP contribution in [0.15, 0.2) is 53.6 Å².